The standard InChI is InChI=1S/C19H19BrN6O2/c1-11-7-8-15(28-2)14(9-11)24-17-16(21)18(23-10-22-17)25-26-19(27)12-5-3-4-6-13(12)20/h3-10H,21H2,1-2H3,(H,26,27)(H2,22,23,24,25). The van der Waals surface area contributed by atoms with E-state index < -0.39 is 0 Å². The van der Waals surface area contributed by atoms with Crippen LogP contribution in [0.4, 0.5) is 23.0 Å². The van der Waals surface area contributed by atoms with E-state index in [-0.39, 0.29) is 17.4 Å². The van der Waals surface area contributed by atoms with Crippen LogP contribution in [0.25, 0.3) is 0 Å². The predicted molar refractivity (Wildman–Crippen MR) is 113 cm³/mol. The molecule has 9 heteroatoms. The summed E-state index contributed by atoms with van der Waals surface area (Å²) in [6, 6.07) is 12.8. The van der Waals surface area contributed by atoms with E-state index in [0.717, 1.165) is 11.3 Å². The number of nitrogen functional groups attached to an aromatic ring is 1. The summed E-state index contributed by atoms with van der Waals surface area (Å²) in [6.07, 6.45) is 1.34. The lowest BCUT2D eigenvalue weighted by molar-refractivity contribution is 0.0961. The van der Waals surface area contributed by atoms with E-state index in [2.05, 4.69) is 42.1 Å². The third-order valence-electron chi connectivity index (χ3n) is 3.90. The first-order chi connectivity index (χ1) is 13.5. The Kier molecular flexibility index (Phi) is 5.95. The van der Waals surface area contributed by atoms with Gasteiger partial charge in [0.15, 0.2) is 11.6 Å². The Morgan fingerprint density at radius 1 is 1.14 bits per heavy atom. The highest BCUT2D eigenvalue weighted by Gasteiger charge is 2.13. The zero-order valence-corrected chi connectivity index (χ0v) is 16.9. The summed E-state index contributed by atoms with van der Waals surface area (Å²) >= 11 is 3.34. The number of ether oxygens (including phenoxy) is 1. The molecule has 28 heavy (non-hydrogen) atoms. The minimum absolute atomic E-state index is 0.249. The molecule has 8 nitrogen and oxygen atoms in total. The van der Waals surface area contributed by atoms with E-state index in [0.29, 0.717) is 21.6 Å². The Bertz CT molecular complexity index is 1010. The van der Waals surface area contributed by atoms with Crippen molar-refractivity contribution in [2.45, 2.75) is 6.92 Å². The van der Waals surface area contributed by atoms with Gasteiger partial charge in [-0.3, -0.25) is 15.6 Å². The molecule has 0 aliphatic carbocycles. The molecule has 0 radical (unpaired) electrons. The normalized spacial score (nSPS) is 10.2. The van der Waals surface area contributed by atoms with Crippen molar-refractivity contribution in [2.24, 2.45) is 0 Å². The minimum Gasteiger partial charge on any atom is -0.495 e. The Balaban J connectivity index is 1.77. The maximum absolute atomic E-state index is 12.3. The molecule has 3 rings (SSSR count). The van der Waals surface area contributed by atoms with Crippen molar-refractivity contribution in [1.29, 1.82) is 0 Å². The zero-order valence-electron chi connectivity index (χ0n) is 15.3. The molecule has 1 aromatic heterocycles. The van der Waals surface area contributed by atoms with Gasteiger partial charge < -0.3 is 15.8 Å². The monoisotopic (exact) mass is 442 g/mol. The molecule has 144 valence electrons. The maximum Gasteiger partial charge on any atom is 0.270 e. The summed E-state index contributed by atoms with van der Waals surface area (Å²) < 4.78 is 6.04. The van der Waals surface area contributed by atoms with Crippen LogP contribution in [0.2, 0.25) is 0 Å². The summed E-state index contributed by atoms with van der Waals surface area (Å²) in [5.74, 6) is 0.974. The first-order valence-electron chi connectivity index (χ1n) is 8.32. The van der Waals surface area contributed by atoms with Crippen molar-refractivity contribution in [3.8, 4) is 5.75 Å². The van der Waals surface area contributed by atoms with Crippen molar-refractivity contribution >= 4 is 44.8 Å². The lowest BCUT2D eigenvalue weighted by atomic mass is 10.2. The Morgan fingerprint density at radius 2 is 1.89 bits per heavy atom. The molecule has 1 amide bonds. The number of hydrogen-bond acceptors (Lipinski definition) is 7. The lowest BCUT2D eigenvalue weighted by Crippen LogP contribution is -2.30. The van der Waals surface area contributed by atoms with Crippen LogP contribution < -0.4 is 26.6 Å². The van der Waals surface area contributed by atoms with Crippen LogP contribution in [-0.2, 0) is 0 Å². The number of aromatic nitrogens is 2. The molecule has 0 bridgehead atoms. The molecule has 0 fully saturated rings. The van der Waals surface area contributed by atoms with Crippen LogP contribution in [0.5, 0.6) is 5.75 Å². The highest BCUT2D eigenvalue weighted by molar-refractivity contribution is 9.10. The van der Waals surface area contributed by atoms with Gasteiger partial charge in [0.05, 0.1) is 18.4 Å². The average Bonchev–Trinajstić information content (AvgIpc) is 2.69. The van der Waals surface area contributed by atoms with E-state index in [1.807, 2.05) is 31.2 Å². The number of carbonyl (C=O) groups excluding carboxylic acids is 1. The van der Waals surface area contributed by atoms with E-state index in [1.54, 1.807) is 25.3 Å². The van der Waals surface area contributed by atoms with Crippen LogP contribution in [0.15, 0.2) is 53.3 Å². The van der Waals surface area contributed by atoms with Gasteiger partial charge in [0, 0.05) is 4.47 Å². The van der Waals surface area contributed by atoms with E-state index in [1.165, 1.54) is 6.33 Å². The highest BCUT2D eigenvalue weighted by Crippen LogP contribution is 2.31. The number of methoxy groups -OCH3 is 1. The number of hydrogen-bond donors (Lipinski definition) is 4. The second kappa shape index (κ2) is 8.57. The molecule has 0 atom stereocenters. The SMILES string of the molecule is COc1ccc(C)cc1Nc1ncnc(NNC(=O)c2ccccc2Br)c1N. The highest BCUT2D eigenvalue weighted by atomic mass is 79.9. The summed E-state index contributed by atoms with van der Waals surface area (Å²) in [5, 5.41) is 3.14. The lowest BCUT2D eigenvalue weighted by Gasteiger charge is -2.15. The van der Waals surface area contributed by atoms with Crippen molar-refractivity contribution < 1.29 is 9.53 Å². The van der Waals surface area contributed by atoms with Gasteiger partial charge in [-0.15, -0.1) is 0 Å². The van der Waals surface area contributed by atoms with E-state index in [9.17, 15) is 4.79 Å². The number of anilines is 4. The summed E-state index contributed by atoms with van der Waals surface area (Å²) in [4.78, 5) is 20.6. The van der Waals surface area contributed by atoms with Crippen molar-refractivity contribution in [1.82, 2.24) is 15.4 Å². The summed E-state index contributed by atoms with van der Waals surface area (Å²) in [7, 11) is 1.59. The molecule has 0 unspecified atom stereocenters. The number of rotatable bonds is 6. The van der Waals surface area contributed by atoms with Crippen LogP contribution in [0.1, 0.15) is 15.9 Å². The molecule has 0 spiro atoms. The topological polar surface area (TPSA) is 114 Å². The van der Waals surface area contributed by atoms with E-state index in [4.69, 9.17) is 10.5 Å². The third kappa shape index (κ3) is 4.32. The molecule has 0 saturated heterocycles. The number of carbonyl (C=O) groups is 1. The molecule has 2 aromatic carbocycles. The van der Waals surface area contributed by atoms with Crippen LogP contribution in [-0.4, -0.2) is 23.0 Å². The molecule has 1 heterocycles. The van der Waals surface area contributed by atoms with Crippen LogP contribution in [0.3, 0.4) is 0 Å². The molecule has 0 aliphatic heterocycles. The first-order valence-corrected chi connectivity index (χ1v) is 9.12. The quantitative estimate of drug-likeness (QED) is 0.430. The van der Waals surface area contributed by atoms with Crippen molar-refractivity contribution in [2.75, 3.05) is 23.6 Å². The third-order valence-corrected chi connectivity index (χ3v) is 4.60. The summed E-state index contributed by atoms with van der Waals surface area (Å²) in [5.41, 5.74) is 14.0. The number of halogens is 1. The van der Waals surface area contributed by atoms with Gasteiger partial charge in [0.25, 0.3) is 5.91 Å². The number of nitrogens with one attached hydrogen (secondary N) is 3. The average molecular weight is 443 g/mol. The van der Waals surface area contributed by atoms with Gasteiger partial charge in [0.1, 0.15) is 17.8 Å². The van der Waals surface area contributed by atoms with Crippen molar-refractivity contribution in [3.63, 3.8) is 0 Å². The van der Waals surface area contributed by atoms with Gasteiger partial charge in [-0.05, 0) is 52.7 Å². The Labute approximate surface area is 170 Å². The van der Waals surface area contributed by atoms with Gasteiger partial charge in [-0.1, -0.05) is 18.2 Å². The molecular formula is C19H19BrN6O2. The number of nitrogens with two attached hydrogens (primary N) is 1. The fraction of sp³-hybridized carbons (Fsp3) is 0.105. The molecule has 3 aromatic rings. The van der Waals surface area contributed by atoms with E-state index >= 15 is 0 Å². The van der Waals surface area contributed by atoms with Crippen molar-refractivity contribution in [3.05, 3.63) is 64.4 Å². The summed E-state index contributed by atoms with van der Waals surface area (Å²) in [6.45, 7) is 1.97. The second-order valence-corrected chi connectivity index (χ2v) is 6.73. The number of nitrogens with zero attached hydrogens (tertiary/aromatic N) is 2. The molecule has 0 saturated carbocycles. The molecule has 5 N–H and O–H groups in total. The van der Waals surface area contributed by atoms with Crippen LogP contribution in [0, 0.1) is 6.92 Å². The fourth-order valence-corrected chi connectivity index (χ4v) is 2.94. The largest absolute Gasteiger partial charge is 0.495 e. The molecular weight excluding hydrogens is 424 g/mol. The first kappa shape index (κ1) is 19.4. The minimum atomic E-state index is -0.333. The Hall–Kier alpha value is -3.33. The zero-order chi connectivity index (χ0) is 20.1. The predicted octanol–water partition coefficient (Wildman–Crippen LogP) is 3.64. The van der Waals surface area contributed by atoms with Gasteiger partial charge >= 0.3 is 0 Å². The van der Waals surface area contributed by atoms with Gasteiger partial charge in [-0.2, -0.15) is 0 Å². The number of aryl methyl sites for hydroxylation is 1. The van der Waals surface area contributed by atoms with Crippen LogP contribution >= 0.6 is 15.9 Å². The smallest absolute Gasteiger partial charge is 0.270 e. The number of amides is 1. The van der Waals surface area contributed by atoms with Gasteiger partial charge in [0.2, 0.25) is 0 Å². The fourth-order valence-electron chi connectivity index (χ4n) is 2.47. The Morgan fingerprint density at radius 3 is 2.64 bits per heavy atom. The van der Waals surface area contributed by atoms with Gasteiger partial charge in [-0.25, -0.2) is 9.97 Å². The molecule has 0 aliphatic rings. The number of benzene rings is 2. The second-order valence-electron chi connectivity index (χ2n) is 5.87. The maximum atomic E-state index is 12.3. The number of hydrazine groups is 1.